The lowest BCUT2D eigenvalue weighted by molar-refractivity contribution is 0.00594. The minimum absolute atomic E-state index is 0.388. The van der Waals surface area contributed by atoms with Crippen molar-refractivity contribution in [3.8, 4) is 11.1 Å². The van der Waals surface area contributed by atoms with Crippen molar-refractivity contribution in [1.82, 2.24) is 24.3 Å². The summed E-state index contributed by atoms with van der Waals surface area (Å²) in [6, 6.07) is 4.29. The first kappa shape index (κ1) is 17.2. The third-order valence-electron chi connectivity index (χ3n) is 5.86. The van der Waals surface area contributed by atoms with Crippen molar-refractivity contribution in [2.75, 3.05) is 31.1 Å². The molecule has 4 heterocycles. The van der Waals surface area contributed by atoms with Crippen LogP contribution < -0.4 is 4.90 Å². The second kappa shape index (κ2) is 6.89. The zero-order chi connectivity index (χ0) is 19.1. The second-order valence-corrected chi connectivity index (χ2v) is 7.72. The lowest BCUT2D eigenvalue weighted by atomic mass is 9.96. The maximum Gasteiger partial charge on any atom is 0.182 e. The van der Waals surface area contributed by atoms with Crippen LogP contribution in [-0.2, 0) is 11.8 Å². The average Bonchev–Trinajstić information content (AvgIpc) is 3.30. The summed E-state index contributed by atoms with van der Waals surface area (Å²) < 4.78 is 9.75. The summed E-state index contributed by atoms with van der Waals surface area (Å²) in [5.74, 6) is 0.838. The van der Waals surface area contributed by atoms with Crippen molar-refractivity contribution >= 4 is 11.2 Å². The molecule has 2 fully saturated rings. The first-order chi connectivity index (χ1) is 13.7. The minimum Gasteiger partial charge on any atom is -0.476 e. The number of pyridine rings is 1. The molecule has 7 nitrogen and oxygen atoms in total. The highest BCUT2D eigenvalue weighted by atomic mass is 16.5. The number of rotatable bonds is 5. The summed E-state index contributed by atoms with van der Waals surface area (Å²) in [6.07, 6.45) is 11.9. The van der Waals surface area contributed by atoms with Crippen LogP contribution in [0.2, 0.25) is 0 Å². The molecular weight excluding hydrogens is 352 g/mol. The highest BCUT2D eigenvalue weighted by Crippen LogP contribution is 2.28. The van der Waals surface area contributed by atoms with Gasteiger partial charge < -0.3 is 14.5 Å². The molecule has 28 heavy (non-hydrogen) atoms. The Labute approximate surface area is 164 Å². The monoisotopic (exact) mass is 378 g/mol. The fourth-order valence-electron chi connectivity index (χ4n) is 3.91. The Balaban J connectivity index is 1.28. The number of piperazine rings is 1. The van der Waals surface area contributed by atoms with Gasteiger partial charge in [0.05, 0.1) is 23.6 Å². The van der Waals surface area contributed by atoms with Crippen LogP contribution in [-0.4, -0.2) is 56.6 Å². The van der Waals surface area contributed by atoms with Crippen LogP contribution in [0.1, 0.15) is 19.3 Å². The van der Waals surface area contributed by atoms with Crippen molar-refractivity contribution in [3.05, 3.63) is 49.4 Å². The van der Waals surface area contributed by atoms with Gasteiger partial charge in [-0.1, -0.05) is 6.07 Å². The molecule has 1 saturated heterocycles. The van der Waals surface area contributed by atoms with E-state index in [1.54, 1.807) is 0 Å². The Hall–Kier alpha value is -2.96. The molecule has 1 aliphatic heterocycles. The molecule has 3 aromatic rings. The molecular formula is C21H26N6O. The smallest absolute Gasteiger partial charge is 0.182 e. The summed E-state index contributed by atoms with van der Waals surface area (Å²) in [6.45, 7) is 7.88. The summed E-state index contributed by atoms with van der Waals surface area (Å²) in [5, 5.41) is 8.85. The van der Waals surface area contributed by atoms with Gasteiger partial charge in [0.25, 0.3) is 0 Å². The van der Waals surface area contributed by atoms with E-state index in [1.165, 1.54) is 24.9 Å². The van der Waals surface area contributed by atoms with Crippen molar-refractivity contribution in [1.29, 1.82) is 0 Å². The van der Waals surface area contributed by atoms with Gasteiger partial charge in [-0.15, -0.1) is 0 Å². The van der Waals surface area contributed by atoms with E-state index in [4.69, 9.17) is 4.74 Å². The van der Waals surface area contributed by atoms with Crippen LogP contribution in [0.5, 0.6) is 0 Å². The molecule has 1 aliphatic carbocycles. The summed E-state index contributed by atoms with van der Waals surface area (Å²) >= 11 is 0. The van der Waals surface area contributed by atoms with Gasteiger partial charge in [0.1, 0.15) is 6.10 Å². The fraction of sp³-hybridized carbons (Fsp3) is 0.429. The maximum atomic E-state index is 5.97. The summed E-state index contributed by atoms with van der Waals surface area (Å²) in [4.78, 5) is 4.67. The zero-order valence-corrected chi connectivity index (χ0v) is 16.3. The maximum absolute atomic E-state index is 5.97. The highest BCUT2D eigenvalue weighted by molar-refractivity contribution is 5.75. The van der Waals surface area contributed by atoms with E-state index in [0.29, 0.717) is 6.10 Å². The fourth-order valence-corrected chi connectivity index (χ4v) is 3.91. The van der Waals surface area contributed by atoms with Crippen LogP contribution in [0.4, 0.5) is 5.69 Å². The highest BCUT2D eigenvalue weighted by Gasteiger charge is 2.25. The van der Waals surface area contributed by atoms with Gasteiger partial charge in [-0.05, 0) is 31.9 Å². The van der Waals surface area contributed by atoms with Gasteiger partial charge in [-0.25, -0.2) is 4.52 Å². The first-order valence-corrected chi connectivity index (χ1v) is 9.99. The van der Waals surface area contributed by atoms with E-state index < -0.39 is 0 Å². The van der Waals surface area contributed by atoms with E-state index in [1.807, 2.05) is 34.8 Å². The topological polar surface area (TPSA) is 50.8 Å². The number of nitrogens with zero attached hydrogens (tertiary/aromatic N) is 6. The number of fused-ring (bicyclic) bond motifs is 1. The molecule has 7 heteroatoms. The SMILES string of the molecule is C=C(OC1CCC1)N1CCN(c2cnn3cc(-c4cnn(C)c4)ccc23)CC1. The normalized spacial score (nSPS) is 17.8. The number of anilines is 1. The third kappa shape index (κ3) is 3.10. The molecule has 0 atom stereocenters. The Morgan fingerprint density at radius 1 is 1.04 bits per heavy atom. The van der Waals surface area contributed by atoms with Gasteiger partial charge in [0.2, 0.25) is 0 Å². The van der Waals surface area contributed by atoms with E-state index in [0.717, 1.165) is 48.7 Å². The van der Waals surface area contributed by atoms with Crippen molar-refractivity contribution in [2.24, 2.45) is 7.05 Å². The average molecular weight is 378 g/mol. The van der Waals surface area contributed by atoms with Crippen LogP contribution in [0.3, 0.4) is 0 Å². The van der Waals surface area contributed by atoms with Crippen LogP contribution in [0, 0.1) is 0 Å². The molecule has 1 saturated carbocycles. The molecule has 5 rings (SSSR count). The van der Waals surface area contributed by atoms with Crippen molar-refractivity contribution in [2.45, 2.75) is 25.4 Å². The molecule has 146 valence electrons. The molecule has 0 N–H and O–H groups in total. The molecule has 0 unspecified atom stereocenters. The quantitative estimate of drug-likeness (QED) is 0.639. The summed E-state index contributed by atoms with van der Waals surface area (Å²) in [7, 11) is 1.93. The lowest BCUT2D eigenvalue weighted by Crippen LogP contribution is -2.46. The number of hydrogen-bond acceptors (Lipinski definition) is 5. The van der Waals surface area contributed by atoms with E-state index in [9.17, 15) is 0 Å². The van der Waals surface area contributed by atoms with Gasteiger partial charge in [-0.3, -0.25) is 4.68 Å². The zero-order valence-electron chi connectivity index (χ0n) is 16.3. The van der Waals surface area contributed by atoms with Crippen molar-refractivity contribution in [3.63, 3.8) is 0 Å². The van der Waals surface area contributed by atoms with Gasteiger partial charge >= 0.3 is 0 Å². The minimum atomic E-state index is 0.388. The predicted octanol–water partition coefficient (Wildman–Crippen LogP) is 2.90. The molecule has 0 spiro atoms. The molecule has 2 aliphatic rings. The Morgan fingerprint density at radius 3 is 2.54 bits per heavy atom. The molecule has 3 aromatic heterocycles. The van der Waals surface area contributed by atoms with Gasteiger partial charge in [0, 0.05) is 56.7 Å². The van der Waals surface area contributed by atoms with Crippen LogP contribution >= 0.6 is 0 Å². The van der Waals surface area contributed by atoms with Gasteiger partial charge in [0.15, 0.2) is 5.88 Å². The van der Waals surface area contributed by atoms with Gasteiger partial charge in [-0.2, -0.15) is 10.2 Å². The Kier molecular flexibility index (Phi) is 4.22. The van der Waals surface area contributed by atoms with Crippen molar-refractivity contribution < 1.29 is 4.74 Å². The second-order valence-electron chi connectivity index (χ2n) is 7.72. The predicted molar refractivity (Wildman–Crippen MR) is 109 cm³/mol. The van der Waals surface area contributed by atoms with Crippen LogP contribution in [0.15, 0.2) is 49.4 Å². The largest absolute Gasteiger partial charge is 0.476 e. The molecule has 0 radical (unpaired) electrons. The standard InChI is InChI=1S/C21H26N6O/c1-16(28-19-4-3-5-19)25-8-10-26(11-9-25)21-13-23-27-15-17(6-7-20(21)27)18-12-22-24(2)14-18/h6-7,12-15,19H,1,3-5,8-11H2,2H3. The number of ether oxygens (including phenoxy) is 1. The van der Waals surface area contributed by atoms with E-state index in [2.05, 4.69) is 44.9 Å². The lowest BCUT2D eigenvalue weighted by Gasteiger charge is -2.39. The number of hydrogen-bond donors (Lipinski definition) is 0. The number of aromatic nitrogens is 4. The Bertz CT molecular complexity index is 993. The Morgan fingerprint density at radius 2 is 1.86 bits per heavy atom. The van der Waals surface area contributed by atoms with E-state index in [-0.39, 0.29) is 0 Å². The first-order valence-electron chi connectivity index (χ1n) is 9.99. The molecule has 0 aromatic carbocycles. The molecule has 0 bridgehead atoms. The summed E-state index contributed by atoms with van der Waals surface area (Å²) in [5.41, 5.74) is 4.53. The van der Waals surface area contributed by atoms with Crippen LogP contribution in [0.25, 0.3) is 16.6 Å². The third-order valence-corrected chi connectivity index (χ3v) is 5.86. The number of aryl methyl sites for hydroxylation is 1. The van der Waals surface area contributed by atoms with E-state index >= 15 is 0 Å². The molecule has 0 amide bonds.